The Hall–Kier alpha value is -2.09. The summed E-state index contributed by atoms with van der Waals surface area (Å²) in [6, 6.07) is 4.76. The standard InChI is InChI=1S/C24H32O2/c1-16(13-22(25)26)9-8-10-17(2)19-15-21-20(14-18(19)3)23(4,5)11-12-24(21,6)7/h8-10,13-15H,11-12H2,1-7H3,(H,25,26). The van der Waals surface area contributed by atoms with E-state index in [4.69, 9.17) is 5.11 Å². The van der Waals surface area contributed by atoms with E-state index in [2.05, 4.69) is 59.8 Å². The Bertz CT molecular complexity index is 802. The number of carboxylic acids is 1. The molecule has 0 spiro atoms. The molecule has 2 heteroatoms. The largest absolute Gasteiger partial charge is 0.478 e. The molecule has 1 aliphatic carbocycles. The third-order valence-electron chi connectivity index (χ3n) is 5.68. The van der Waals surface area contributed by atoms with Crippen LogP contribution in [0.2, 0.25) is 0 Å². The predicted molar refractivity (Wildman–Crippen MR) is 111 cm³/mol. The molecule has 26 heavy (non-hydrogen) atoms. The van der Waals surface area contributed by atoms with Crippen molar-refractivity contribution in [2.24, 2.45) is 0 Å². The van der Waals surface area contributed by atoms with E-state index >= 15 is 0 Å². The molecule has 0 atom stereocenters. The van der Waals surface area contributed by atoms with Gasteiger partial charge in [0.1, 0.15) is 0 Å². The molecular weight excluding hydrogens is 320 g/mol. The van der Waals surface area contributed by atoms with Gasteiger partial charge in [-0.05, 0) is 77.8 Å². The summed E-state index contributed by atoms with van der Waals surface area (Å²) in [6.07, 6.45) is 9.47. The molecule has 0 amide bonds. The molecule has 0 saturated carbocycles. The zero-order chi connectivity index (χ0) is 19.7. The van der Waals surface area contributed by atoms with Crippen LogP contribution < -0.4 is 0 Å². The van der Waals surface area contributed by atoms with Crippen molar-refractivity contribution in [3.05, 3.63) is 64.3 Å². The monoisotopic (exact) mass is 352 g/mol. The van der Waals surface area contributed by atoms with Gasteiger partial charge in [0.2, 0.25) is 0 Å². The molecule has 0 fully saturated rings. The van der Waals surface area contributed by atoms with E-state index in [9.17, 15) is 4.79 Å². The number of carbonyl (C=O) groups is 1. The third kappa shape index (κ3) is 4.35. The molecule has 1 aromatic rings. The van der Waals surface area contributed by atoms with E-state index in [1.807, 2.05) is 12.2 Å². The first-order chi connectivity index (χ1) is 11.9. The van der Waals surface area contributed by atoms with Crippen molar-refractivity contribution in [2.75, 3.05) is 0 Å². The van der Waals surface area contributed by atoms with Gasteiger partial charge in [0, 0.05) is 6.08 Å². The highest BCUT2D eigenvalue weighted by molar-refractivity contribution is 5.81. The van der Waals surface area contributed by atoms with Gasteiger partial charge in [-0.2, -0.15) is 0 Å². The van der Waals surface area contributed by atoms with Gasteiger partial charge in [-0.3, -0.25) is 0 Å². The quantitative estimate of drug-likeness (QED) is 0.507. The normalized spacial score (nSPS) is 19.5. The summed E-state index contributed by atoms with van der Waals surface area (Å²) in [5, 5.41) is 8.79. The van der Waals surface area contributed by atoms with Crippen molar-refractivity contribution < 1.29 is 9.90 Å². The third-order valence-corrected chi connectivity index (χ3v) is 5.68. The smallest absolute Gasteiger partial charge is 0.328 e. The van der Waals surface area contributed by atoms with E-state index in [1.165, 1.54) is 46.7 Å². The lowest BCUT2D eigenvalue weighted by Gasteiger charge is -2.42. The molecule has 0 heterocycles. The fourth-order valence-corrected chi connectivity index (χ4v) is 3.82. The van der Waals surface area contributed by atoms with Crippen LogP contribution in [-0.4, -0.2) is 11.1 Å². The van der Waals surface area contributed by atoms with Crippen molar-refractivity contribution in [1.82, 2.24) is 0 Å². The fourth-order valence-electron chi connectivity index (χ4n) is 3.82. The van der Waals surface area contributed by atoms with Crippen LogP contribution in [0.4, 0.5) is 0 Å². The Labute approximate surface area is 158 Å². The Balaban J connectivity index is 2.44. The van der Waals surface area contributed by atoms with E-state index in [0.29, 0.717) is 0 Å². The number of fused-ring (bicyclic) bond motifs is 1. The van der Waals surface area contributed by atoms with Gasteiger partial charge in [-0.1, -0.05) is 58.1 Å². The molecule has 0 radical (unpaired) electrons. The number of hydrogen-bond acceptors (Lipinski definition) is 1. The lowest BCUT2D eigenvalue weighted by Crippen LogP contribution is -2.34. The van der Waals surface area contributed by atoms with Crippen molar-refractivity contribution in [1.29, 1.82) is 0 Å². The van der Waals surface area contributed by atoms with Gasteiger partial charge in [-0.15, -0.1) is 0 Å². The topological polar surface area (TPSA) is 37.3 Å². The number of benzene rings is 1. The molecule has 0 unspecified atom stereocenters. The van der Waals surface area contributed by atoms with Crippen molar-refractivity contribution >= 4 is 11.5 Å². The molecule has 0 aromatic heterocycles. The molecule has 2 nitrogen and oxygen atoms in total. The molecule has 1 N–H and O–H groups in total. The van der Waals surface area contributed by atoms with Crippen LogP contribution in [0.15, 0.2) is 42.0 Å². The second-order valence-electron chi connectivity index (χ2n) is 8.92. The van der Waals surface area contributed by atoms with Gasteiger partial charge >= 0.3 is 5.97 Å². The average molecular weight is 353 g/mol. The van der Waals surface area contributed by atoms with Gasteiger partial charge in [0.05, 0.1) is 0 Å². The predicted octanol–water partition coefficient (Wildman–Crippen LogP) is 6.33. The average Bonchev–Trinajstić information content (AvgIpc) is 2.50. The van der Waals surface area contributed by atoms with E-state index in [1.54, 1.807) is 6.92 Å². The second-order valence-corrected chi connectivity index (χ2v) is 8.92. The van der Waals surface area contributed by atoms with Gasteiger partial charge in [0.25, 0.3) is 0 Å². The molecule has 140 valence electrons. The number of rotatable bonds is 4. The van der Waals surface area contributed by atoms with Gasteiger partial charge in [0.15, 0.2) is 0 Å². The van der Waals surface area contributed by atoms with Crippen LogP contribution in [0.1, 0.15) is 76.6 Å². The number of aliphatic carboxylic acids is 1. The second kappa shape index (κ2) is 7.26. The Kier molecular flexibility index (Phi) is 5.65. The lowest BCUT2D eigenvalue weighted by atomic mass is 9.62. The summed E-state index contributed by atoms with van der Waals surface area (Å²) in [5.41, 5.74) is 7.88. The van der Waals surface area contributed by atoms with Crippen LogP contribution in [0.5, 0.6) is 0 Å². The molecule has 0 saturated heterocycles. The fraction of sp³-hybridized carbons (Fsp3) is 0.458. The van der Waals surface area contributed by atoms with E-state index in [-0.39, 0.29) is 10.8 Å². The summed E-state index contributed by atoms with van der Waals surface area (Å²) < 4.78 is 0. The van der Waals surface area contributed by atoms with Crippen LogP contribution >= 0.6 is 0 Å². The molecular formula is C24H32O2. The van der Waals surface area contributed by atoms with Crippen LogP contribution in [0, 0.1) is 6.92 Å². The zero-order valence-electron chi connectivity index (χ0n) is 17.2. The maximum Gasteiger partial charge on any atom is 0.328 e. The summed E-state index contributed by atoms with van der Waals surface area (Å²) >= 11 is 0. The summed E-state index contributed by atoms with van der Waals surface area (Å²) in [6.45, 7) is 15.5. The van der Waals surface area contributed by atoms with Crippen molar-refractivity contribution in [3.63, 3.8) is 0 Å². The van der Waals surface area contributed by atoms with Crippen LogP contribution in [0.3, 0.4) is 0 Å². The first-order valence-corrected chi connectivity index (χ1v) is 9.36. The van der Waals surface area contributed by atoms with Gasteiger partial charge in [-0.25, -0.2) is 4.79 Å². The maximum atomic E-state index is 10.7. The highest BCUT2D eigenvalue weighted by atomic mass is 16.4. The van der Waals surface area contributed by atoms with Crippen molar-refractivity contribution in [2.45, 2.75) is 72.1 Å². The number of allylic oxidation sites excluding steroid dienone is 5. The summed E-state index contributed by atoms with van der Waals surface area (Å²) in [7, 11) is 0. The molecule has 1 aliphatic rings. The molecule has 0 aliphatic heterocycles. The van der Waals surface area contributed by atoms with E-state index in [0.717, 1.165) is 5.57 Å². The lowest BCUT2D eigenvalue weighted by molar-refractivity contribution is -0.131. The minimum atomic E-state index is -0.914. The summed E-state index contributed by atoms with van der Waals surface area (Å²) in [4.78, 5) is 10.7. The van der Waals surface area contributed by atoms with Crippen molar-refractivity contribution in [3.8, 4) is 0 Å². The molecule has 0 bridgehead atoms. The van der Waals surface area contributed by atoms with E-state index < -0.39 is 5.97 Å². The number of aryl methyl sites for hydroxylation is 1. The minimum absolute atomic E-state index is 0.199. The Morgan fingerprint density at radius 2 is 1.58 bits per heavy atom. The van der Waals surface area contributed by atoms with Crippen LogP contribution in [0.25, 0.3) is 5.57 Å². The summed E-state index contributed by atoms with van der Waals surface area (Å²) in [5.74, 6) is -0.914. The maximum absolute atomic E-state index is 10.7. The Morgan fingerprint density at radius 1 is 1.04 bits per heavy atom. The number of carboxylic acid groups (broad SMARTS) is 1. The SMILES string of the molecule is CC(C=CC=C(C)c1cc2c(cc1C)C(C)(C)CCC2(C)C)=CC(=O)O. The highest BCUT2D eigenvalue weighted by Gasteiger charge is 2.37. The zero-order valence-corrected chi connectivity index (χ0v) is 17.2. The molecule has 1 aromatic carbocycles. The highest BCUT2D eigenvalue weighted by Crippen LogP contribution is 2.47. The minimum Gasteiger partial charge on any atom is -0.478 e. The van der Waals surface area contributed by atoms with Crippen LogP contribution in [-0.2, 0) is 15.6 Å². The van der Waals surface area contributed by atoms with Gasteiger partial charge < -0.3 is 5.11 Å². The first-order valence-electron chi connectivity index (χ1n) is 9.36. The first kappa shape index (κ1) is 20.2. The number of hydrogen-bond donors (Lipinski definition) is 1. The Morgan fingerprint density at radius 3 is 2.12 bits per heavy atom. The molecule has 2 rings (SSSR count).